The van der Waals surface area contributed by atoms with Crippen LogP contribution in [0.15, 0.2) is 24.3 Å². The third-order valence-electron chi connectivity index (χ3n) is 4.73. The number of rotatable bonds is 3. The van der Waals surface area contributed by atoms with E-state index in [2.05, 4.69) is 10.9 Å². The van der Waals surface area contributed by atoms with Gasteiger partial charge >= 0.3 is 0 Å². The molecule has 0 radical (unpaired) electrons. The maximum Gasteiger partial charge on any atom is 0.269 e. The molecule has 0 aromatic heterocycles. The van der Waals surface area contributed by atoms with Crippen LogP contribution in [0.1, 0.15) is 42.5 Å². The third kappa shape index (κ3) is 3.38. The van der Waals surface area contributed by atoms with Crippen molar-refractivity contribution in [3.05, 3.63) is 34.9 Å². The van der Waals surface area contributed by atoms with Crippen molar-refractivity contribution in [3.63, 3.8) is 0 Å². The molecule has 1 aromatic rings. The molecule has 2 bridgehead atoms. The minimum atomic E-state index is -0.348. The quantitative estimate of drug-likeness (QED) is 0.844. The van der Waals surface area contributed by atoms with E-state index in [0.717, 1.165) is 5.92 Å². The molecule has 2 saturated carbocycles. The molecule has 0 aliphatic heterocycles. The SMILES string of the molecule is O=C(C[C@@H]1C[C@@H]2CC[C@@H]1C2)NNC(=O)c1cccc(Cl)c1. The van der Waals surface area contributed by atoms with Gasteiger partial charge in [-0.25, -0.2) is 0 Å². The van der Waals surface area contributed by atoms with E-state index in [-0.39, 0.29) is 11.8 Å². The lowest BCUT2D eigenvalue weighted by Crippen LogP contribution is -2.42. The number of benzene rings is 1. The maximum absolute atomic E-state index is 11.9. The molecular formula is C16H19ClN2O2. The smallest absolute Gasteiger partial charge is 0.269 e. The van der Waals surface area contributed by atoms with E-state index in [0.29, 0.717) is 28.8 Å². The van der Waals surface area contributed by atoms with Gasteiger partial charge in [-0.3, -0.25) is 20.4 Å². The largest absolute Gasteiger partial charge is 0.273 e. The second-order valence-electron chi connectivity index (χ2n) is 6.15. The summed E-state index contributed by atoms with van der Waals surface area (Å²) in [5, 5.41) is 0.496. The normalized spacial score (nSPS) is 26.6. The van der Waals surface area contributed by atoms with Crippen LogP contribution in [0.2, 0.25) is 5.02 Å². The van der Waals surface area contributed by atoms with Crippen LogP contribution in [0.5, 0.6) is 0 Å². The number of carbonyl (C=O) groups is 2. The summed E-state index contributed by atoms with van der Waals surface area (Å²) in [4.78, 5) is 23.8. The van der Waals surface area contributed by atoms with Crippen molar-refractivity contribution in [3.8, 4) is 0 Å². The monoisotopic (exact) mass is 306 g/mol. The Morgan fingerprint density at radius 3 is 2.71 bits per heavy atom. The summed E-state index contributed by atoms with van der Waals surface area (Å²) in [6.45, 7) is 0. The van der Waals surface area contributed by atoms with Crippen LogP contribution >= 0.6 is 11.6 Å². The Balaban J connectivity index is 1.46. The van der Waals surface area contributed by atoms with Crippen molar-refractivity contribution in [1.29, 1.82) is 0 Å². The number of fused-ring (bicyclic) bond motifs is 2. The summed E-state index contributed by atoms with van der Waals surface area (Å²) in [5.41, 5.74) is 5.39. The molecule has 5 heteroatoms. The third-order valence-corrected chi connectivity index (χ3v) is 4.97. The Morgan fingerprint density at radius 2 is 2.05 bits per heavy atom. The van der Waals surface area contributed by atoms with Gasteiger partial charge in [-0.2, -0.15) is 0 Å². The van der Waals surface area contributed by atoms with Crippen molar-refractivity contribution in [2.75, 3.05) is 0 Å². The molecule has 0 spiro atoms. The number of hydrogen-bond donors (Lipinski definition) is 2. The standard InChI is InChI=1S/C16H19ClN2O2/c17-14-3-1-2-12(8-14)16(21)19-18-15(20)9-13-7-10-4-5-11(13)6-10/h1-3,8,10-11,13H,4-7,9H2,(H,18,20)(H,19,21)/t10-,11-,13+/m1/s1. The highest BCUT2D eigenvalue weighted by Crippen LogP contribution is 2.49. The first-order valence-electron chi connectivity index (χ1n) is 7.46. The van der Waals surface area contributed by atoms with Crippen molar-refractivity contribution in [1.82, 2.24) is 10.9 Å². The topological polar surface area (TPSA) is 58.2 Å². The number of halogens is 1. The first kappa shape index (κ1) is 14.4. The summed E-state index contributed by atoms with van der Waals surface area (Å²) >= 11 is 5.83. The van der Waals surface area contributed by atoms with Crippen LogP contribution in [0.4, 0.5) is 0 Å². The molecule has 3 atom stereocenters. The molecular weight excluding hydrogens is 288 g/mol. The predicted molar refractivity (Wildman–Crippen MR) is 80.6 cm³/mol. The van der Waals surface area contributed by atoms with Gasteiger partial charge in [-0.1, -0.05) is 24.1 Å². The van der Waals surface area contributed by atoms with Crippen LogP contribution in [0, 0.1) is 17.8 Å². The van der Waals surface area contributed by atoms with Crippen molar-refractivity contribution in [2.45, 2.75) is 32.1 Å². The fraction of sp³-hybridized carbons (Fsp3) is 0.500. The molecule has 1 aromatic carbocycles. The summed E-state index contributed by atoms with van der Waals surface area (Å²) < 4.78 is 0. The van der Waals surface area contributed by atoms with Gasteiger partial charge in [-0.05, 0) is 55.2 Å². The van der Waals surface area contributed by atoms with Gasteiger partial charge in [0.1, 0.15) is 0 Å². The molecule has 0 heterocycles. The molecule has 3 rings (SSSR count). The van der Waals surface area contributed by atoms with Gasteiger partial charge in [-0.15, -0.1) is 0 Å². The lowest BCUT2D eigenvalue weighted by Gasteiger charge is -2.20. The molecule has 112 valence electrons. The average Bonchev–Trinajstić information content (AvgIpc) is 3.07. The van der Waals surface area contributed by atoms with E-state index < -0.39 is 0 Å². The van der Waals surface area contributed by atoms with E-state index >= 15 is 0 Å². The zero-order valence-corrected chi connectivity index (χ0v) is 12.5. The molecule has 0 unspecified atom stereocenters. The summed E-state index contributed by atoms with van der Waals surface area (Å²) in [7, 11) is 0. The zero-order valence-electron chi connectivity index (χ0n) is 11.8. The first-order valence-corrected chi connectivity index (χ1v) is 7.84. The highest BCUT2D eigenvalue weighted by molar-refractivity contribution is 6.30. The van der Waals surface area contributed by atoms with Gasteiger partial charge in [0.15, 0.2) is 0 Å². The van der Waals surface area contributed by atoms with Gasteiger partial charge in [0.05, 0.1) is 0 Å². The van der Waals surface area contributed by atoms with Crippen LogP contribution in [0.25, 0.3) is 0 Å². The maximum atomic E-state index is 11.9. The van der Waals surface area contributed by atoms with Crippen molar-refractivity contribution >= 4 is 23.4 Å². The van der Waals surface area contributed by atoms with E-state index in [9.17, 15) is 9.59 Å². The number of hydrazine groups is 1. The lowest BCUT2D eigenvalue weighted by atomic mass is 9.86. The predicted octanol–water partition coefficient (Wildman–Crippen LogP) is 2.93. The summed E-state index contributed by atoms with van der Waals surface area (Å²) in [5.74, 6) is 1.58. The molecule has 2 fully saturated rings. The molecule has 4 nitrogen and oxygen atoms in total. The van der Waals surface area contributed by atoms with Gasteiger partial charge in [0.25, 0.3) is 5.91 Å². The first-order chi connectivity index (χ1) is 10.1. The molecule has 0 saturated heterocycles. The lowest BCUT2D eigenvalue weighted by molar-refractivity contribution is -0.123. The molecule has 2 aliphatic rings. The Kier molecular flexibility index (Phi) is 4.15. The van der Waals surface area contributed by atoms with Crippen LogP contribution in [-0.4, -0.2) is 11.8 Å². The second-order valence-corrected chi connectivity index (χ2v) is 6.59. The van der Waals surface area contributed by atoms with E-state index in [1.165, 1.54) is 25.7 Å². The number of nitrogens with one attached hydrogen (secondary N) is 2. The zero-order chi connectivity index (χ0) is 14.8. The minimum absolute atomic E-state index is 0.108. The Bertz CT molecular complexity index is 561. The van der Waals surface area contributed by atoms with Crippen LogP contribution in [0.3, 0.4) is 0 Å². The van der Waals surface area contributed by atoms with E-state index in [1.54, 1.807) is 24.3 Å². The summed E-state index contributed by atoms with van der Waals surface area (Å²) in [6.07, 6.45) is 5.55. The Hall–Kier alpha value is -1.55. The second kappa shape index (κ2) is 6.06. The van der Waals surface area contributed by atoms with Crippen molar-refractivity contribution < 1.29 is 9.59 Å². The highest BCUT2D eigenvalue weighted by Gasteiger charge is 2.40. The average molecular weight is 307 g/mol. The fourth-order valence-electron chi connectivity index (χ4n) is 3.74. The number of carbonyl (C=O) groups excluding carboxylic acids is 2. The molecule has 2 N–H and O–H groups in total. The van der Waals surface area contributed by atoms with Gasteiger partial charge in [0, 0.05) is 17.0 Å². The fourth-order valence-corrected chi connectivity index (χ4v) is 3.93. The highest BCUT2D eigenvalue weighted by atomic mass is 35.5. The van der Waals surface area contributed by atoms with Gasteiger partial charge in [0.2, 0.25) is 5.91 Å². The van der Waals surface area contributed by atoms with E-state index in [4.69, 9.17) is 11.6 Å². The van der Waals surface area contributed by atoms with E-state index in [1.807, 2.05) is 0 Å². The number of hydrogen-bond acceptors (Lipinski definition) is 2. The molecule has 2 amide bonds. The van der Waals surface area contributed by atoms with Crippen molar-refractivity contribution in [2.24, 2.45) is 17.8 Å². The molecule has 21 heavy (non-hydrogen) atoms. The Morgan fingerprint density at radius 1 is 1.19 bits per heavy atom. The minimum Gasteiger partial charge on any atom is -0.273 e. The molecule has 2 aliphatic carbocycles. The number of amides is 2. The van der Waals surface area contributed by atoms with Crippen LogP contribution in [-0.2, 0) is 4.79 Å². The van der Waals surface area contributed by atoms with Crippen LogP contribution < -0.4 is 10.9 Å². The van der Waals surface area contributed by atoms with Gasteiger partial charge < -0.3 is 0 Å². The Labute approximate surface area is 129 Å². The summed E-state index contributed by atoms with van der Waals surface area (Å²) in [6, 6.07) is 6.63.